The van der Waals surface area contributed by atoms with E-state index >= 15 is 0 Å². The van der Waals surface area contributed by atoms with E-state index in [4.69, 9.17) is 9.47 Å². The number of benzene rings is 3. The van der Waals surface area contributed by atoms with Crippen molar-refractivity contribution in [2.45, 2.75) is 12.6 Å². The largest absolute Gasteiger partial charge is 0.493 e. The topological polar surface area (TPSA) is 31.4 Å². The second-order valence-corrected chi connectivity index (χ2v) is 7.03. The zero-order valence-electron chi connectivity index (χ0n) is 17.0. The van der Waals surface area contributed by atoms with Crippen molar-refractivity contribution in [2.24, 2.45) is 0 Å². The maximum absolute atomic E-state index is 13.5. The van der Waals surface area contributed by atoms with Crippen LogP contribution in [0.25, 0.3) is 33.2 Å². The smallest absolute Gasteiger partial charge is 0.394 e. The van der Waals surface area contributed by atoms with Crippen molar-refractivity contribution < 1.29 is 22.6 Å². The van der Waals surface area contributed by atoms with Crippen LogP contribution in [0.4, 0.5) is 13.2 Å². The maximum atomic E-state index is 13.5. The summed E-state index contributed by atoms with van der Waals surface area (Å²) in [4.78, 5) is 4.55. The van der Waals surface area contributed by atoms with E-state index in [1.165, 1.54) is 14.2 Å². The standard InChI is InChI=1S/C25H20F3NO2/c1-30-20-14-13-18-19(15-25(26,27)28)29-23(17-11-7-4-8-12-17)21(22(18)24(20)31-2)16-9-5-3-6-10-16/h3-14H,15H2,1-2H3. The Bertz CT molecular complexity index is 1210. The number of aromatic nitrogens is 1. The molecule has 3 nitrogen and oxygen atoms in total. The van der Waals surface area contributed by atoms with Gasteiger partial charge in [-0.25, -0.2) is 0 Å². The van der Waals surface area contributed by atoms with Crippen molar-refractivity contribution in [3.8, 4) is 33.9 Å². The number of nitrogens with zero attached hydrogens (tertiary/aromatic N) is 1. The van der Waals surface area contributed by atoms with Crippen molar-refractivity contribution in [3.63, 3.8) is 0 Å². The number of hydrogen-bond donors (Lipinski definition) is 0. The van der Waals surface area contributed by atoms with Crippen molar-refractivity contribution in [2.75, 3.05) is 14.2 Å². The predicted molar refractivity (Wildman–Crippen MR) is 115 cm³/mol. The fraction of sp³-hybridized carbons (Fsp3) is 0.160. The summed E-state index contributed by atoms with van der Waals surface area (Å²) < 4.78 is 51.5. The first-order chi connectivity index (χ1) is 14.9. The first-order valence-corrected chi connectivity index (χ1v) is 9.68. The van der Waals surface area contributed by atoms with Crippen LogP contribution < -0.4 is 9.47 Å². The van der Waals surface area contributed by atoms with E-state index in [0.29, 0.717) is 33.5 Å². The molecule has 0 amide bonds. The number of rotatable bonds is 5. The molecule has 0 aliphatic rings. The minimum absolute atomic E-state index is 0.0537. The van der Waals surface area contributed by atoms with E-state index in [0.717, 1.165) is 11.1 Å². The Morgan fingerprint density at radius 1 is 0.774 bits per heavy atom. The lowest BCUT2D eigenvalue weighted by Gasteiger charge is -2.20. The quantitative estimate of drug-likeness (QED) is 0.358. The molecule has 0 N–H and O–H groups in total. The fourth-order valence-corrected chi connectivity index (χ4v) is 3.80. The summed E-state index contributed by atoms with van der Waals surface area (Å²) in [5.74, 6) is 0.817. The van der Waals surface area contributed by atoms with Gasteiger partial charge in [0.15, 0.2) is 11.5 Å². The van der Waals surface area contributed by atoms with Gasteiger partial charge in [0, 0.05) is 21.9 Å². The molecule has 4 aromatic rings. The molecule has 158 valence electrons. The Balaban J connectivity index is 2.21. The minimum atomic E-state index is -4.41. The molecule has 6 heteroatoms. The van der Waals surface area contributed by atoms with Gasteiger partial charge in [-0.3, -0.25) is 4.98 Å². The molecule has 0 spiro atoms. The van der Waals surface area contributed by atoms with E-state index in [1.54, 1.807) is 12.1 Å². The van der Waals surface area contributed by atoms with Gasteiger partial charge >= 0.3 is 6.18 Å². The van der Waals surface area contributed by atoms with Crippen LogP contribution in [0.15, 0.2) is 72.8 Å². The molecule has 0 bridgehead atoms. The van der Waals surface area contributed by atoms with Crippen LogP contribution >= 0.6 is 0 Å². The van der Waals surface area contributed by atoms with Gasteiger partial charge in [-0.05, 0) is 17.7 Å². The lowest BCUT2D eigenvalue weighted by Crippen LogP contribution is -2.14. The lowest BCUT2D eigenvalue weighted by atomic mass is 9.91. The number of fused-ring (bicyclic) bond motifs is 1. The summed E-state index contributed by atoms with van der Waals surface area (Å²) in [5.41, 5.74) is 2.65. The van der Waals surface area contributed by atoms with Gasteiger partial charge in [0.05, 0.1) is 32.0 Å². The summed E-state index contributed by atoms with van der Waals surface area (Å²) in [6.07, 6.45) is -5.55. The molecule has 0 aliphatic carbocycles. The van der Waals surface area contributed by atoms with E-state index in [-0.39, 0.29) is 5.69 Å². The van der Waals surface area contributed by atoms with Gasteiger partial charge in [0.1, 0.15) is 0 Å². The fourth-order valence-electron chi connectivity index (χ4n) is 3.80. The third-order valence-electron chi connectivity index (χ3n) is 5.07. The van der Waals surface area contributed by atoms with Crippen LogP contribution in [0.3, 0.4) is 0 Å². The zero-order chi connectivity index (χ0) is 22.0. The molecule has 0 radical (unpaired) electrons. The van der Waals surface area contributed by atoms with Crippen LogP contribution in [0.1, 0.15) is 5.69 Å². The highest BCUT2D eigenvalue weighted by molar-refractivity contribution is 6.08. The van der Waals surface area contributed by atoms with Crippen LogP contribution in [-0.2, 0) is 6.42 Å². The number of alkyl halides is 3. The number of halogens is 3. The van der Waals surface area contributed by atoms with Crippen molar-refractivity contribution in [3.05, 3.63) is 78.5 Å². The molecule has 0 saturated heterocycles. The van der Waals surface area contributed by atoms with Gasteiger partial charge in [-0.15, -0.1) is 0 Å². The molecule has 0 saturated carbocycles. The first-order valence-electron chi connectivity index (χ1n) is 9.68. The third kappa shape index (κ3) is 4.06. The summed E-state index contributed by atoms with van der Waals surface area (Å²) in [5, 5.41) is 0.926. The SMILES string of the molecule is COc1ccc2c(CC(F)(F)F)nc(-c3ccccc3)c(-c3ccccc3)c2c1OC. The molecule has 31 heavy (non-hydrogen) atoms. The molecule has 0 aliphatic heterocycles. The Labute approximate surface area is 178 Å². The number of methoxy groups -OCH3 is 2. The molecule has 0 fully saturated rings. The Morgan fingerprint density at radius 2 is 1.39 bits per heavy atom. The van der Waals surface area contributed by atoms with Crippen molar-refractivity contribution >= 4 is 10.8 Å². The number of pyridine rings is 1. The molecule has 1 aromatic heterocycles. The molecule has 1 heterocycles. The van der Waals surface area contributed by atoms with Crippen LogP contribution in [0.2, 0.25) is 0 Å². The Hall–Kier alpha value is -3.54. The average molecular weight is 423 g/mol. The van der Waals surface area contributed by atoms with Crippen LogP contribution in [0, 0.1) is 0 Å². The zero-order valence-corrected chi connectivity index (χ0v) is 17.0. The molecular formula is C25H20F3NO2. The second kappa shape index (κ2) is 8.30. The third-order valence-corrected chi connectivity index (χ3v) is 5.07. The van der Waals surface area contributed by atoms with E-state index in [2.05, 4.69) is 4.98 Å². The maximum Gasteiger partial charge on any atom is 0.394 e. The highest BCUT2D eigenvalue weighted by Gasteiger charge is 2.31. The second-order valence-electron chi connectivity index (χ2n) is 7.03. The molecule has 4 rings (SSSR count). The van der Waals surface area contributed by atoms with Gasteiger partial charge in [0.25, 0.3) is 0 Å². The average Bonchev–Trinajstić information content (AvgIpc) is 2.78. The Kier molecular flexibility index (Phi) is 5.55. The molecule has 3 aromatic carbocycles. The van der Waals surface area contributed by atoms with Crippen molar-refractivity contribution in [1.82, 2.24) is 4.98 Å². The highest BCUT2D eigenvalue weighted by Crippen LogP contribution is 2.46. The summed E-state index contributed by atoms with van der Waals surface area (Å²) in [6, 6.07) is 21.9. The normalized spacial score (nSPS) is 11.5. The minimum Gasteiger partial charge on any atom is -0.493 e. The van der Waals surface area contributed by atoms with Crippen molar-refractivity contribution in [1.29, 1.82) is 0 Å². The van der Waals surface area contributed by atoms with Crippen LogP contribution in [-0.4, -0.2) is 25.4 Å². The molecule has 0 unspecified atom stereocenters. The van der Waals surface area contributed by atoms with Gasteiger partial charge in [-0.1, -0.05) is 60.7 Å². The Morgan fingerprint density at radius 3 is 1.94 bits per heavy atom. The lowest BCUT2D eigenvalue weighted by molar-refractivity contribution is -0.127. The van der Waals surface area contributed by atoms with Gasteiger partial charge in [0.2, 0.25) is 0 Å². The molecule has 0 atom stereocenters. The monoisotopic (exact) mass is 423 g/mol. The predicted octanol–water partition coefficient (Wildman–Crippen LogP) is 6.69. The van der Waals surface area contributed by atoms with Gasteiger partial charge < -0.3 is 9.47 Å². The summed E-state index contributed by atoms with van der Waals surface area (Å²) >= 11 is 0. The van der Waals surface area contributed by atoms with E-state index < -0.39 is 12.6 Å². The van der Waals surface area contributed by atoms with Gasteiger partial charge in [-0.2, -0.15) is 13.2 Å². The first kappa shape index (κ1) is 20.7. The number of ether oxygens (including phenoxy) is 2. The van der Waals surface area contributed by atoms with E-state index in [1.807, 2.05) is 60.7 Å². The van der Waals surface area contributed by atoms with E-state index in [9.17, 15) is 13.2 Å². The number of hydrogen-bond acceptors (Lipinski definition) is 3. The summed E-state index contributed by atoms with van der Waals surface area (Å²) in [6.45, 7) is 0. The summed E-state index contributed by atoms with van der Waals surface area (Å²) in [7, 11) is 2.99. The highest BCUT2D eigenvalue weighted by atomic mass is 19.4. The van der Waals surface area contributed by atoms with Crippen LogP contribution in [0.5, 0.6) is 11.5 Å². The molecular weight excluding hydrogens is 403 g/mol.